The van der Waals surface area contributed by atoms with Crippen LogP contribution in [0, 0.1) is 10.8 Å². The quantitative estimate of drug-likeness (QED) is 0.645. The van der Waals surface area contributed by atoms with Gasteiger partial charge in [0.2, 0.25) is 0 Å². The molecule has 2 heteroatoms. The predicted molar refractivity (Wildman–Crippen MR) is 92.4 cm³/mol. The Morgan fingerprint density at radius 2 is 1.73 bits per heavy atom. The summed E-state index contributed by atoms with van der Waals surface area (Å²) in [6.07, 6.45) is 9.21. The number of phenols is 2. The highest BCUT2D eigenvalue weighted by Crippen LogP contribution is 2.49. The van der Waals surface area contributed by atoms with Gasteiger partial charge in [0, 0.05) is 5.56 Å². The van der Waals surface area contributed by atoms with Gasteiger partial charge in [-0.25, -0.2) is 0 Å². The fraction of sp³-hybridized carbons (Fsp3) is 0.700. The van der Waals surface area contributed by atoms with Gasteiger partial charge < -0.3 is 10.2 Å². The molecule has 2 rings (SSSR count). The van der Waals surface area contributed by atoms with Crippen molar-refractivity contribution >= 4 is 0 Å². The van der Waals surface area contributed by atoms with E-state index < -0.39 is 0 Å². The van der Waals surface area contributed by atoms with Crippen LogP contribution in [0.4, 0.5) is 0 Å². The maximum absolute atomic E-state index is 10.2. The van der Waals surface area contributed by atoms with Gasteiger partial charge in [-0.05, 0) is 73.8 Å². The Hall–Kier alpha value is -1.18. The van der Waals surface area contributed by atoms with Crippen LogP contribution in [0.3, 0.4) is 0 Å². The van der Waals surface area contributed by atoms with Crippen LogP contribution in [0.5, 0.6) is 11.5 Å². The maximum atomic E-state index is 10.2. The third kappa shape index (κ3) is 4.93. The molecule has 1 aromatic carbocycles. The molecule has 0 aliphatic heterocycles. The number of rotatable bonds is 7. The van der Waals surface area contributed by atoms with Crippen LogP contribution in [-0.4, -0.2) is 10.2 Å². The van der Waals surface area contributed by atoms with Crippen molar-refractivity contribution in [2.24, 2.45) is 10.8 Å². The molecule has 0 unspecified atom stereocenters. The van der Waals surface area contributed by atoms with Crippen LogP contribution in [0.2, 0.25) is 0 Å². The van der Waals surface area contributed by atoms with E-state index in [1.165, 1.54) is 31.2 Å². The molecule has 0 bridgehead atoms. The van der Waals surface area contributed by atoms with Gasteiger partial charge in [-0.3, -0.25) is 0 Å². The van der Waals surface area contributed by atoms with Crippen molar-refractivity contribution in [2.45, 2.75) is 79.1 Å². The van der Waals surface area contributed by atoms with E-state index in [9.17, 15) is 10.2 Å². The molecule has 1 aliphatic carbocycles. The zero-order valence-corrected chi connectivity index (χ0v) is 14.7. The molecular formula is C20H32O2. The first kappa shape index (κ1) is 17.2. The number of hydrogen-bond donors (Lipinski definition) is 2. The van der Waals surface area contributed by atoms with Crippen molar-refractivity contribution in [3.8, 4) is 11.5 Å². The molecule has 1 saturated carbocycles. The van der Waals surface area contributed by atoms with E-state index in [1.807, 2.05) is 6.07 Å². The molecule has 1 fully saturated rings. The Bertz CT molecular complexity index is 507. The minimum atomic E-state index is 0.0173. The Morgan fingerprint density at radius 3 is 2.32 bits per heavy atom. The number of hydrogen-bond acceptors (Lipinski definition) is 2. The second-order valence-electron chi connectivity index (χ2n) is 8.65. The molecule has 2 N–H and O–H groups in total. The molecule has 2 nitrogen and oxygen atoms in total. The molecule has 0 radical (unpaired) electrons. The first-order chi connectivity index (χ1) is 10.2. The van der Waals surface area contributed by atoms with E-state index in [-0.39, 0.29) is 11.5 Å². The van der Waals surface area contributed by atoms with Gasteiger partial charge in [0.15, 0.2) is 11.5 Å². The highest BCUT2D eigenvalue weighted by molar-refractivity contribution is 5.49. The van der Waals surface area contributed by atoms with Crippen molar-refractivity contribution in [3.63, 3.8) is 0 Å². The highest BCUT2D eigenvalue weighted by Gasteiger charge is 2.36. The van der Waals surface area contributed by atoms with E-state index in [0.29, 0.717) is 10.8 Å². The van der Waals surface area contributed by atoms with Crippen molar-refractivity contribution in [3.05, 3.63) is 23.3 Å². The van der Waals surface area contributed by atoms with E-state index in [4.69, 9.17) is 0 Å². The minimum Gasteiger partial charge on any atom is -0.504 e. The lowest BCUT2D eigenvalue weighted by Crippen LogP contribution is -2.06. The predicted octanol–water partition coefficient (Wildman–Crippen LogP) is 5.59. The Labute approximate surface area is 135 Å². The van der Waals surface area contributed by atoms with Gasteiger partial charge in [0.05, 0.1) is 0 Å². The van der Waals surface area contributed by atoms with E-state index >= 15 is 0 Å². The average Bonchev–Trinajstić information content (AvgIpc) is 3.13. The molecule has 1 aliphatic rings. The fourth-order valence-corrected chi connectivity index (χ4v) is 3.14. The smallest absolute Gasteiger partial charge is 0.160 e. The van der Waals surface area contributed by atoms with Gasteiger partial charge in [-0.15, -0.1) is 0 Å². The number of benzene rings is 1. The normalized spacial score (nSPS) is 16.7. The largest absolute Gasteiger partial charge is 0.504 e. The van der Waals surface area contributed by atoms with Crippen molar-refractivity contribution in [2.75, 3.05) is 0 Å². The summed E-state index contributed by atoms with van der Waals surface area (Å²) in [5.41, 5.74) is 3.08. The molecule has 1 aromatic rings. The molecule has 22 heavy (non-hydrogen) atoms. The van der Waals surface area contributed by atoms with E-state index in [0.717, 1.165) is 31.2 Å². The van der Waals surface area contributed by atoms with Crippen molar-refractivity contribution < 1.29 is 10.2 Å². The SMILES string of the molecule is CC(C)(C)CCCc1c(CCCC2(C)CC2)ccc(O)c1O. The summed E-state index contributed by atoms with van der Waals surface area (Å²) >= 11 is 0. The van der Waals surface area contributed by atoms with Gasteiger partial charge >= 0.3 is 0 Å². The average molecular weight is 304 g/mol. The van der Waals surface area contributed by atoms with Crippen LogP contribution >= 0.6 is 0 Å². The van der Waals surface area contributed by atoms with Crippen molar-refractivity contribution in [1.29, 1.82) is 0 Å². The van der Waals surface area contributed by atoms with Crippen LogP contribution in [0.15, 0.2) is 12.1 Å². The molecular weight excluding hydrogens is 272 g/mol. The second-order valence-corrected chi connectivity index (χ2v) is 8.65. The van der Waals surface area contributed by atoms with Crippen LogP contribution in [0.1, 0.15) is 77.3 Å². The first-order valence-corrected chi connectivity index (χ1v) is 8.73. The Balaban J connectivity index is 1.99. The molecule has 0 atom stereocenters. The molecule has 0 amide bonds. The highest BCUT2D eigenvalue weighted by atomic mass is 16.3. The molecule has 124 valence electrons. The van der Waals surface area contributed by atoms with Gasteiger partial charge in [-0.2, -0.15) is 0 Å². The number of aromatic hydroxyl groups is 2. The zero-order valence-electron chi connectivity index (χ0n) is 14.7. The summed E-state index contributed by atoms with van der Waals surface area (Å²) in [5.74, 6) is 0.118. The van der Waals surface area contributed by atoms with Crippen LogP contribution < -0.4 is 0 Å². The van der Waals surface area contributed by atoms with Crippen LogP contribution in [0.25, 0.3) is 0 Å². The Kier molecular flexibility index (Phi) is 5.09. The molecule has 0 aromatic heterocycles. The molecule has 0 heterocycles. The fourth-order valence-electron chi connectivity index (χ4n) is 3.14. The summed E-state index contributed by atoms with van der Waals surface area (Å²) in [7, 11) is 0. The summed E-state index contributed by atoms with van der Waals surface area (Å²) in [6, 6.07) is 3.63. The van der Waals surface area contributed by atoms with E-state index in [1.54, 1.807) is 6.07 Å². The summed E-state index contributed by atoms with van der Waals surface area (Å²) in [6.45, 7) is 9.09. The minimum absolute atomic E-state index is 0.0173. The number of aryl methyl sites for hydroxylation is 1. The third-order valence-electron chi connectivity index (χ3n) is 5.04. The lowest BCUT2D eigenvalue weighted by atomic mass is 9.87. The zero-order chi connectivity index (χ0) is 16.4. The van der Waals surface area contributed by atoms with E-state index in [2.05, 4.69) is 27.7 Å². The van der Waals surface area contributed by atoms with Crippen LogP contribution in [-0.2, 0) is 12.8 Å². The molecule has 0 spiro atoms. The summed E-state index contributed by atoms with van der Waals surface area (Å²) in [5, 5.41) is 20.0. The summed E-state index contributed by atoms with van der Waals surface area (Å²) < 4.78 is 0. The van der Waals surface area contributed by atoms with Gasteiger partial charge in [0.25, 0.3) is 0 Å². The number of phenolic OH excluding ortho intramolecular Hbond substituents is 2. The van der Waals surface area contributed by atoms with Gasteiger partial charge in [-0.1, -0.05) is 33.8 Å². The van der Waals surface area contributed by atoms with Crippen molar-refractivity contribution in [1.82, 2.24) is 0 Å². The Morgan fingerprint density at radius 1 is 1.05 bits per heavy atom. The van der Waals surface area contributed by atoms with Gasteiger partial charge in [0.1, 0.15) is 0 Å². The third-order valence-corrected chi connectivity index (χ3v) is 5.04. The molecule has 0 saturated heterocycles. The topological polar surface area (TPSA) is 40.5 Å². The lowest BCUT2D eigenvalue weighted by Gasteiger charge is -2.19. The lowest BCUT2D eigenvalue weighted by molar-refractivity contribution is 0.361. The first-order valence-electron chi connectivity index (χ1n) is 8.73. The maximum Gasteiger partial charge on any atom is 0.160 e. The standard InChI is InChI=1S/C20H32O2/c1-19(2,3)11-6-8-16-15(9-10-17(21)18(16)22)7-5-12-20(4)13-14-20/h9-10,21-22H,5-8,11-14H2,1-4H3. The monoisotopic (exact) mass is 304 g/mol. The summed E-state index contributed by atoms with van der Waals surface area (Å²) in [4.78, 5) is 0. The second kappa shape index (κ2) is 6.52.